The average Bonchev–Trinajstić information content (AvgIpc) is 3.19. The molecule has 2 heterocycles. The maximum atomic E-state index is 13.5. The van der Waals surface area contributed by atoms with Gasteiger partial charge in [0, 0.05) is 24.2 Å². The number of rotatable bonds is 15. The van der Waals surface area contributed by atoms with Crippen molar-refractivity contribution in [2.75, 3.05) is 70.5 Å². The Hall–Kier alpha value is -5.76. The first-order valence-electron chi connectivity index (χ1n) is 16.6. The van der Waals surface area contributed by atoms with Gasteiger partial charge in [0.1, 0.15) is 11.5 Å². The molecule has 0 saturated heterocycles. The molecule has 1 N–H and O–H groups in total. The molecule has 1 aromatic heterocycles. The molecule has 1 aliphatic heterocycles. The summed E-state index contributed by atoms with van der Waals surface area (Å²) in [5.74, 6) is 1.33. The summed E-state index contributed by atoms with van der Waals surface area (Å²) in [4.78, 5) is 28.5. The van der Waals surface area contributed by atoms with Crippen LogP contribution in [0, 0.1) is 0 Å². The molecule has 284 valence electrons. The van der Waals surface area contributed by atoms with Gasteiger partial charge in [-0.1, -0.05) is 0 Å². The Bertz CT molecular complexity index is 1980. The quantitative estimate of drug-likeness (QED) is 0.158. The third-order valence-electron chi connectivity index (χ3n) is 9.36. The molecule has 2 atom stereocenters. The number of ether oxygens (including phenoxy) is 9. The highest BCUT2D eigenvalue weighted by molar-refractivity contribution is 5.72. The molecule has 0 spiro atoms. The lowest BCUT2D eigenvalue weighted by atomic mass is 9.87. The second-order valence-corrected chi connectivity index (χ2v) is 12.1. The minimum atomic E-state index is -1.02. The first kappa shape index (κ1) is 38.5. The summed E-state index contributed by atoms with van der Waals surface area (Å²) < 4.78 is 56.4. The van der Waals surface area contributed by atoms with Crippen molar-refractivity contribution in [3.05, 3.63) is 86.5 Å². The molecule has 0 aliphatic carbocycles. The number of carbonyl (C=O) groups excluding carboxylic acids is 1. The molecular weight excluding hydrogens is 690 g/mol. The largest absolute Gasteiger partial charge is 0.502 e. The minimum absolute atomic E-state index is 0.117. The van der Waals surface area contributed by atoms with Gasteiger partial charge in [-0.2, -0.15) is 0 Å². The van der Waals surface area contributed by atoms with E-state index in [1.165, 1.54) is 41.6 Å². The van der Waals surface area contributed by atoms with E-state index in [1.54, 1.807) is 40.6 Å². The van der Waals surface area contributed by atoms with E-state index < -0.39 is 29.1 Å². The lowest BCUT2D eigenvalue weighted by Crippen LogP contribution is -2.36. The minimum Gasteiger partial charge on any atom is -0.502 e. The Labute approximate surface area is 307 Å². The number of hydrogen-bond donors (Lipinski definition) is 1. The highest BCUT2D eigenvalue weighted by Gasteiger charge is 2.35. The summed E-state index contributed by atoms with van der Waals surface area (Å²) in [6.45, 7) is 0.643. The highest BCUT2D eigenvalue weighted by atomic mass is 16.5. The zero-order valence-electron chi connectivity index (χ0n) is 31.3. The molecule has 14 nitrogen and oxygen atoms in total. The lowest BCUT2D eigenvalue weighted by molar-refractivity contribution is -0.140. The topological polar surface area (TPSA) is 154 Å². The van der Waals surface area contributed by atoms with Gasteiger partial charge in [0.25, 0.3) is 0 Å². The normalized spacial score (nSPS) is 14.4. The molecular formula is C39H45NO13. The molecule has 0 radical (unpaired) electrons. The number of benzene rings is 3. The fraction of sp³-hybridized carbons (Fsp3) is 0.385. The fourth-order valence-corrected chi connectivity index (χ4v) is 6.81. The smallest absolute Gasteiger partial charge is 0.306 e. The van der Waals surface area contributed by atoms with Gasteiger partial charge in [-0.05, 0) is 53.4 Å². The number of fused-ring (bicyclic) bond motifs is 1. The molecule has 14 heteroatoms. The predicted molar refractivity (Wildman–Crippen MR) is 193 cm³/mol. The molecule has 53 heavy (non-hydrogen) atoms. The molecule has 4 aromatic rings. The Kier molecular flexibility index (Phi) is 12.1. The summed E-state index contributed by atoms with van der Waals surface area (Å²) in [6, 6.07) is 11.7. The van der Waals surface area contributed by atoms with Crippen molar-refractivity contribution < 1.29 is 56.9 Å². The van der Waals surface area contributed by atoms with Crippen LogP contribution in [0.1, 0.15) is 52.2 Å². The number of carbonyl (C=O) groups is 1. The van der Waals surface area contributed by atoms with Crippen LogP contribution in [-0.4, -0.2) is 86.5 Å². The van der Waals surface area contributed by atoms with Crippen molar-refractivity contribution >= 4 is 5.97 Å². The summed E-state index contributed by atoms with van der Waals surface area (Å²) in [7, 11) is 13.4. The number of methoxy groups -OCH3 is 9. The summed E-state index contributed by atoms with van der Waals surface area (Å²) >= 11 is 0. The van der Waals surface area contributed by atoms with Crippen LogP contribution in [0.3, 0.4) is 0 Å². The third kappa shape index (κ3) is 7.58. The first-order chi connectivity index (χ1) is 25.6. The first-order valence-corrected chi connectivity index (χ1v) is 16.6. The zero-order chi connectivity index (χ0) is 38.4. The zero-order valence-corrected chi connectivity index (χ0v) is 31.3. The van der Waals surface area contributed by atoms with E-state index in [-0.39, 0.29) is 24.5 Å². The van der Waals surface area contributed by atoms with Crippen LogP contribution in [0.4, 0.5) is 0 Å². The molecule has 0 amide bonds. The van der Waals surface area contributed by atoms with Crippen LogP contribution in [-0.2, 0) is 22.5 Å². The Balaban J connectivity index is 1.68. The van der Waals surface area contributed by atoms with E-state index in [2.05, 4.69) is 4.90 Å². The summed E-state index contributed by atoms with van der Waals surface area (Å²) in [5, 5.41) is 11.2. The van der Waals surface area contributed by atoms with Crippen LogP contribution in [0.25, 0.3) is 0 Å². The van der Waals surface area contributed by atoms with Crippen LogP contribution in [0.5, 0.6) is 51.7 Å². The second kappa shape index (κ2) is 16.7. The second-order valence-electron chi connectivity index (χ2n) is 12.1. The van der Waals surface area contributed by atoms with Crippen molar-refractivity contribution in [1.82, 2.24) is 4.90 Å². The number of nitrogens with zero attached hydrogens (tertiary/aromatic N) is 1. The monoisotopic (exact) mass is 735 g/mol. The van der Waals surface area contributed by atoms with Crippen molar-refractivity contribution in [1.29, 1.82) is 0 Å². The van der Waals surface area contributed by atoms with Gasteiger partial charge in [-0.3, -0.25) is 14.5 Å². The van der Waals surface area contributed by atoms with Gasteiger partial charge in [0.05, 0.1) is 88.9 Å². The van der Waals surface area contributed by atoms with Crippen LogP contribution >= 0.6 is 0 Å². The third-order valence-corrected chi connectivity index (χ3v) is 9.36. The van der Waals surface area contributed by atoms with E-state index >= 15 is 0 Å². The van der Waals surface area contributed by atoms with E-state index in [9.17, 15) is 14.7 Å². The van der Waals surface area contributed by atoms with Gasteiger partial charge >= 0.3 is 5.97 Å². The van der Waals surface area contributed by atoms with Crippen molar-refractivity contribution in [3.8, 4) is 51.7 Å². The van der Waals surface area contributed by atoms with Crippen LogP contribution in [0.15, 0.2) is 51.7 Å². The van der Waals surface area contributed by atoms with E-state index in [0.717, 1.165) is 16.7 Å². The van der Waals surface area contributed by atoms with Crippen molar-refractivity contribution in [2.24, 2.45) is 0 Å². The molecule has 0 bridgehead atoms. The number of aromatic hydroxyl groups is 1. The molecule has 3 aromatic carbocycles. The number of esters is 1. The fourth-order valence-electron chi connectivity index (χ4n) is 6.81. The summed E-state index contributed by atoms with van der Waals surface area (Å²) in [6.07, 6.45) is 0.328. The van der Waals surface area contributed by atoms with Gasteiger partial charge in [0.2, 0.25) is 16.9 Å². The Morgan fingerprint density at radius 1 is 0.736 bits per heavy atom. The van der Waals surface area contributed by atoms with Crippen molar-refractivity contribution in [3.63, 3.8) is 0 Å². The maximum absolute atomic E-state index is 13.5. The average molecular weight is 736 g/mol. The van der Waals surface area contributed by atoms with Crippen molar-refractivity contribution in [2.45, 2.75) is 31.3 Å². The van der Waals surface area contributed by atoms with Crippen LogP contribution < -0.4 is 43.3 Å². The maximum Gasteiger partial charge on any atom is 0.306 e. The van der Waals surface area contributed by atoms with Gasteiger partial charge in [-0.25, -0.2) is 0 Å². The Morgan fingerprint density at radius 2 is 1.30 bits per heavy atom. The standard InChI is InChI=1S/C39H45NO13/c1-44-28-19-32(48-5)31(47-4)17-25(28)26(18-35(42)51-8)38-37(43)27(41)15-23(53-38)20-40-11-10-21-12-29(45-2)30(46-3)16-24(21)36(40)22-13-33(49-6)39(52-9)34(14-22)50-7/h12-17,19,26,36,43H,10-11,18,20H2,1-9H3. The highest BCUT2D eigenvalue weighted by Crippen LogP contribution is 2.47. The van der Waals surface area contributed by atoms with Crippen LogP contribution in [0.2, 0.25) is 0 Å². The number of hydrogen-bond acceptors (Lipinski definition) is 14. The van der Waals surface area contributed by atoms with E-state index in [0.29, 0.717) is 64.5 Å². The molecule has 2 unspecified atom stereocenters. The van der Waals surface area contributed by atoms with Gasteiger partial charge in [-0.15, -0.1) is 0 Å². The lowest BCUT2D eigenvalue weighted by Gasteiger charge is -2.38. The predicted octanol–water partition coefficient (Wildman–Crippen LogP) is 5.26. The molecule has 1 aliphatic rings. The molecule has 0 fully saturated rings. The van der Waals surface area contributed by atoms with Gasteiger partial charge in [0.15, 0.2) is 40.3 Å². The molecule has 5 rings (SSSR count). The van der Waals surface area contributed by atoms with Gasteiger partial charge < -0.3 is 52.2 Å². The summed E-state index contributed by atoms with van der Waals surface area (Å²) in [5.41, 5.74) is 2.46. The van der Waals surface area contributed by atoms with E-state index in [1.807, 2.05) is 24.3 Å². The Morgan fingerprint density at radius 3 is 1.87 bits per heavy atom. The van der Waals surface area contributed by atoms with E-state index in [4.69, 9.17) is 47.0 Å². The molecule has 0 saturated carbocycles. The SMILES string of the molecule is COC(=O)CC(c1cc(OC)c(OC)cc1OC)c1oc(CN2CCc3cc(OC)c(OC)cc3C2c2cc(OC)c(OC)c(OC)c2)cc(=O)c1O.